The van der Waals surface area contributed by atoms with Crippen LogP contribution in [0.2, 0.25) is 0 Å². The van der Waals surface area contributed by atoms with Crippen molar-refractivity contribution in [2.24, 2.45) is 5.73 Å². The molecule has 2 aliphatic heterocycles. The van der Waals surface area contributed by atoms with E-state index in [0.29, 0.717) is 30.5 Å². The van der Waals surface area contributed by atoms with Gasteiger partial charge in [0.1, 0.15) is 30.0 Å². The van der Waals surface area contributed by atoms with Gasteiger partial charge in [-0.15, -0.1) is 0 Å². The zero-order chi connectivity index (χ0) is 37.5. The second kappa shape index (κ2) is 16.5. The summed E-state index contributed by atoms with van der Waals surface area (Å²) in [7, 11) is -3.40. The molecular formula is C36H47N5O9S. The van der Waals surface area contributed by atoms with Crippen LogP contribution in [0.4, 0.5) is 10.5 Å². The molecule has 1 unspecified atom stereocenters. The standard InChI is InChI=1S/C36H47N5O9S/c1-36(2,3)50-35(47)40-28-14-11-24-18-23(8-6-5-7-17-42)19-25-20-29(41(31(24)25)34(28)46)33(45)39-27(15-16-30(37)43)32(44)38-21-22-9-12-26(13-10-22)51(4,48)49/h9-10,12-13,17-19,27-29H,5-8,11,14-16,20-21H2,1-4H3,(H2,37,43)(H,38,44)(H,39,45)(H,40,47)/t27?,28-,29-/m0/s1. The minimum Gasteiger partial charge on any atom is -0.444 e. The Labute approximate surface area is 298 Å². The fourth-order valence-corrected chi connectivity index (χ4v) is 6.91. The number of nitrogens with two attached hydrogens (primary N) is 1. The van der Waals surface area contributed by atoms with Gasteiger partial charge < -0.3 is 31.2 Å². The highest BCUT2D eigenvalue weighted by atomic mass is 32.2. The molecule has 0 aliphatic carbocycles. The lowest BCUT2D eigenvalue weighted by atomic mass is 9.95. The Kier molecular flexibility index (Phi) is 12.6. The zero-order valence-corrected chi connectivity index (χ0v) is 30.3. The monoisotopic (exact) mass is 725 g/mol. The second-order valence-electron chi connectivity index (χ2n) is 14.0. The number of primary amides is 1. The smallest absolute Gasteiger partial charge is 0.408 e. The van der Waals surface area contributed by atoms with E-state index in [-0.39, 0.29) is 37.1 Å². The fraction of sp³-hybridized carbons (Fsp3) is 0.500. The van der Waals surface area contributed by atoms with Crippen LogP contribution >= 0.6 is 0 Å². The van der Waals surface area contributed by atoms with Gasteiger partial charge in [-0.2, -0.15) is 0 Å². The Balaban J connectivity index is 1.58. The maximum atomic E-state index is 14.2. The number of aldehydes is 1. The molecule has 5 amide bonds. The van der Waals surface area contributed by atoms with Gasteiger partial charge >= 0.3 is 6.09 Å². The molecule has 0 aromatic heterocycles. The number of carbonyl (C=O) groups excluding carboxylic acids is 6. The van der Waals surface area contributed by atoms with E-state index in [0.717, 1.165) is 42.1 Å². The van der Waals surface area contributed by atoms with Crippen LogP contribution in [0.1, 0.15) is 81.5 Å². The van der Waals surface area contributed by atoms with E-state index in [1.165, 1.54) is 17.0 Å². The number of hydrogen-bond donors (Lipinski definition) is 4. The Bertz CT molecular complexity index is 1770. The molecule has 0 fully saturated rings. The number of anilines is 1. The highest BCUT2D eigenvalue weighted by Crippen LogP contribution is 2.40. The number of carbonyl (C=O) groups is 6. The average Bonchev–Trinajstić information content (AvgIpc) is 3.38. The number of ether oxygens (including phenoxy) is 1. The van der Waals surface area contributed by atoms with Gasteiger partial charge in [0.2, 0.25) is 23.6 Å². The fourth-order valence-electron chi connectivity index (χ4n) is 6.28. The number of alkyl carbamates (subject to hydrolysis) is 1. The summed E-state index contributed by atoms with van der Waals surface area (Å²) in [5.74, 6) is -2.39. The summed E-state index contributed by atoms with van der Waals surface area (Å²) in [5.41, 5.74) is 8.41. The van der Waals surface area contributed by atoms with Crippen molar-refractivity contribution in [2.75, 3.05) is 11.2 Å². The van der Waals surface area contributed by atoms with Crippen molar-refractivity contribution < 1.29 is 41.9 Å². The number of hydrogen-bond acceptors (Lipinski definition) is 9. The summed E-state index contributed by atoms with van der Waals surface area (Å²) >= 11 is 0. The van der Waals surface area contributed by atoms with Crippen molar-refractivity contribution in [2.45, 2.75) is 114 Å². The van der Waals surface area contributed by atoms with Gasteiger partial charge in [0.25, 0.3) is 0 Å². The van der Waals surface area contributed by atoms with Crippen LogP contribution in [-0.2, 0) is 64.4 Å². The summed E-state index contributed by atoms with van der Waals surface area (Å²) in [6.45, 7) is 5.14. The van der Waals surface area contributed by atoms with Crippen molar-refractivity contribution in [3.05, 3.63) is 58.7 Å². The lowest BCUT2D eigenvalue weighted by Crippen LogP contribution is -2.57. The van der Waals surface area contributed by atoms with Gasteiger partial charge in [0, 0.05) is 32.1 Å². The summed E-state index contributed by atoms with van der Waals surface area (Å²) in [4.78, 5) is 78.5. The molecule has 0 saturated heterocycles. The second-order valence-corrected chi connectivity index (χ2v) is 16.1. The van der Waals surface area contributed by atoms with Crippen LogP contribution in [0, 0.1) is 0 Å². The quantitative estimate of drug-likeness (QED) is 0.156. The largest absolute Gasteiger partial charge is 0.444 e. The van der Waals surface area contributed by atoms with Crippen molar-refractivity contribution in [3.8, 4) is 0 Å². The van der Waals surface area contributed by atoms with Crippen LogP contribution in [0.3, 0.4) is 0 Å². The van der Waals surface area contributed by atoms with Gasteiger partial charge in [-0.1, -0.05) is 24.3 Å². The maximum absolute atomic E-state index is 14.2. The van der Waals surface area contributed by atoms with Gasteiger partial charge in [-0.3, -0.25) is 24.1 Å². The molecule has 5 N–H and O–H groups in total. The Morgan fingerprint density at radius 1 is 1.06 bits per heavy atom. The van der Waals surface area contributed by atoms with E-state index >= 15 is 0 Å². The number of sulfone groups is 1. The lowest BCUT2D eigenvalue weighted by Gasteiger charge is -2.29. The maximum Gasteiger partial charge on any atom is 0.408 e. The zero-order valence-electron chi connectivity index (χ0n) is 29.5. The third-order valence-electron chi connectivity index (χ3n) is 8.69. The van der Waals surface area contributed by atoms with Crippen LogP contribution < -0.4 is 26.6 Å². The number of benzene rings is 2. The number of aryl methyl sites for hydroxylation is 2. The topological polar surface area (TPSA) is 211 Å². The number of unbranched alkanes of at least 4 members (excludes halogenated alkanes) is 2. The van der Waals surface area contributed by atoms with E-state index in [1.807, 2.05) is 12.1 Å². The van der Waals surface area contributed by atoms with Crippen LogP contribution in [0.15, 0.2) is 41.3 Å². The minimum atomic E-state index is -3.40. The molecule has 276 valence electrons. The summed E-state index contributed by atoms with van der Waals surface area (Å²) in [6.07, 6.45) is 4.43. The van der Waals surface area contributed by atoms with Gasteiger partial charge in [-0.25, -0.2) is 13.2 Å². The number of amides is 5. The van der Waals surface area contributed by atoms with E-state index in [9.17, 15) is 37.2 Å². The molecular weight excluding hydrogens is 678 g/mol. The molecule has 2 aromatic rings. The highest BCUT2D eigenvalue weighted by Gasteiger charge is 2.45. The third kappa shape index (κ3) is 10.6. The molecule has 4 rings (SSSR count). The molecule has 0 spiro atoms. The lowest BCUT2D eigenvalue weighted by molar-refractivity contribution is -0.131. The molecule has 0 bridgehead atoms. The first-order chi connectivity index (χ1) is 24.0. The van der Waals surface area contributed by atoms with Gasteiger partial charge in [0.05, 0.1) is 10.6 Å². The third-order valence-corrected chi connectivity index (χ3v) is 9.82. The molecule has 51 heavy (non-hydrogen) atoms. The molecule has 15 heteroatoms. The molecule has 2 aliphatic rings. The molecule has 2 heterocycles. The number of nitrogens with zero attached hydrogens (tertiary/aromatic N) is 1. The first-order valence-electron chi connectivity index (χ1n) is 17.0. The van der Waals surface area contributed by atoms with Gasteiger partial charge in [0.15, 0.2) is 9.84 Å². The van der Waals surface area contributed by atoms with E-state index in [2.05, 4.69) is 16.0 Å². The van der Waals surface area contributed by atoms with Crippen LogP contribution in [-0.4, -0.2) is 74.4 Å². The minimum absolute atomic E-state index is 0.0162. The van der Waals surface area contributed by atoms with Crippen molar-refractivity contribution >= 4 is 51.5 Å². The first-order valence-corrected chi connectivity index (χ1v) is 18.9. The van der Waals surface area contributed by atoms with Crippen molar-refractivity contribution in [1.82, 2.24) is 16.0 Å². The molecule has 14 nitrogen and oxygen atoms in total. The first kappa shape index (κ1) is 39.0. The summed E-state index contributed by atoms with van der Waals surface area (Å²) < 4.78 is 29.0. The molecule has 0 saturated carbocycles. The Morgan fingerprint density at radius 3 is 2.37 bits per heavy atom. The Hall–Kier alpha value is -4.79. The number of nitrogens with one attached hydrogen (secondary N) is 3. The van der Waals surface area contributed by atoms with Gasteiger partial charge in [-0.05, 0) is 93.7 Å². The summed E-state index contributed by atoms with van der Waals surface area (Å²) in [6, 6.07) is 6.69. The van der Waals surface area contributed by atoms with Crippen molar-refractivity contribution in [3.63, 3.8) is 0 Å². The predicted molar refractivity (Wildman–Crippen MR) is 188 cm³/mol. The van der Waals surface area contributed by atoms with E-state index in [4.69, 9.17) is 10.5 Å². The van der Waals surface area contributed by atoms with Crippen LogP contribution in [0.5, 0.6) is 0 Å². The summed E-state index contributed by atoms with van der Waals surface area (Å²) in [5, 5.41) is 8.14. The normalized spacial score (nSPS) is 17.5. The van der Waals surface area contributed by atoms with Crippen molar-refractivity contribution in [1.29, 1.82) is 0 Å². The Morgan fingerprint density at radius 2 is 1.75 bits per heavy atom. The van der Waals surface area contributed by atoms with E-state index < -0.39 is 63.3 Å². The molecule has 2 aromatic carbocycles. The molecule has 0 radical (unpaired) electrons. The van der Waals surface area contributed by atoms with Crippen LogP contribution in [0.25, 0.3) is 0 Å². The molecule has 3 atom stereocenters. The van der Waals surface area contributed by atoms with E-state index in [1.54, 1.807) is 32.9 Å². The average molecular weight is 726 g/mol. The SMILES string of the molecule is CC(C)(C)OC(=O)N[C@H]1CCc2cc(CCCCC=O)cc3c2N(C1=O)[C@H](C(=O)NC(CCC(N)=O)C(=O)NCc1ccc(S(C)(=O)=O)cc1)C3. The predicted octanol–water partition coefficient (Wildman–Crippen LogP) is 2.17. The number of rotatable bonds is 15. The highest BCUT2D eigenvalue weighted by molar-refractivity contribution is 7.90.